The van der Waals surface area contributed by atoms with Gasteiger partial charge < -0.3 is 27.0 Å². The molecule has 0 aliphatic carbocycles. The van der Waals surface area contributed by atoms with Gasteiger partial charge in [-0.2, -0.15) is 0 Å². The Hall–Kier alpha value is -2.64. The lowest BCUT2D eigenvalue weighted by Crippen LogP contribution is -2.35. The van der Waals surface area contributed by atoms with Gasteiger partial charge in [-0.05, 0) is 42.3 Å². The van der Waals surface area contributed by atoms with Crippen LogP contribution in [0.1, 0.15) is 19.3 Å². The van der Waals surface area contributed by atoms with Crippen LogP contribution in [-0.4, -0.2) is 34.9 Å². The SMILES string of the molecule is NCCCC[C@H](N)C(=O)Nc1ccc2ccccc2c1.O=C(O)O. The highest BCUT2D eigenvalue weighted by Crippen LogP contribution is 2.19. The second-order valence-corrected chi connectivity index (χ2v) is 5.22. The lowest BCUT2D eigenvalue weighted by molar-refractivity contribution is -0.117. The summed E-state index contributed by atoms with van der Waals surface area (Å²) in [5.74, 6) is -0.141. The standard InChI is InChI=1S/C16H21N3O.CH2O3/c17-10-4-3-7-15(18)16(20)19-14-9-8-12-5-1-2-6-13(12)11-14;2-1(3)4/h1-2,5-6,8-9,11,15H,3-4,7,10,17-18H2,(H,19,20);(H2,2,3,4)/t15-;/m0./s1. The second kappa shape index (κ2) is 10.2. The van der Waals surface area contributed by atoms with Crippen LogP contribution in [0.2, 0.25) is 0 Å². The number of nitrogens with two attached hydrogens (primary N) is 2. The molecule has 0 bridgehead atoms. The smallest absolute Gasteiger partial charge is 0.450 e. The first-order valence-corrected chi connectivity index (χ1v) is 7.61. The molecule has 2 rings (SSSR count). The molecule has 7 nitrogen and oxygen atoms in total. The van der Waals surface area contributed by atoms with Crippen molar-refractivity contribution in [2.45, 2.75) is 25.3 Å². The van der Waals surface area contributed by atoms with Gasteiger partial charge in [0.25, 0.3) is 0 Å². The van der Waals surface area contributed by atoms with Crippen LogP contribution in [0.15, 0.2) is 42.5 Å². The van der Waals surface area contributed by atoms with E-state index in [-0.39, 0.29) is 5.91 Å². The minimum atomic E-state index is -1.83. The van der Waals surface area contributed by atoms with Gasteiger partial charge in [0.2, 0.25) is 5.91 Å². The van der Waals surface area contributed by atoms with Gasteiger partial charge in [0.1, 0.15) is 0 Å². The Balaban J connectivity index is 0.000000648. The zero-order valence-electron chi connectivity index (χ0n) is 13.3. The largest absolute Gasteiger partial charge is 0.503 e. The van der Waals surface area contributed by atoms with Crippen LogP contribution in [0.3, 0.4) is 0 Å². The van der Waals surface area contributed by atoms with E-state index in [0.29, 0.717) is 13.0 Å². The third-order valence-electron chi connectivity index (χ3n) is 3.32. The molecule has 0 fully saturated rings. The molecule has 1 amide bonds. The lowest BCUT2D eigenvalue weighted by Gasteiger charge is -2.12. The minimum Gasteiger partial charge on any atom is -0.450 e. The molecular formula is C17H23N3O4. The van der Waals surface area contributed by atoms with Crippen LogP contribution < -0.4 is 16.8 Å². The molecule has 0 saturated heterocycles. The summed E-state index contributed by atoms with van der Waals surface area (Å²) in [6.07, 6.45) is 0.608. The molecule has 0 aromatic heterocycles. The van der Waals surface area contributed by atoms with Crippen molar-refractivity contribution >= 4 is 28.5 Å². The van der Waals surface area contributed by atoms with Crippen molar-refractivity contribution in [3.8, 4) is 0 Å². The number of amides is 1. The Labute approximate surface area is 140 Å². The number of unbranched alkanes of at least 4 members (excludes halogenated alkanes) is 1. The predicted molar refractivity (Wildman–Crippen MR) is 94.1 cm³/mol. The summed E-state index contributed by atoms with van der Waals surface area (Å²) in [5, 5.41) is 19.1. The summed E-state index contributed by atoms with van der Waals surface area (Å²) < 4.78 is 0. The molecule has 130 valence electrons. The van der Waals surface area contributed by atoms with Gasteiger partial charge in [-0.25, -0.2) is 4.79 Å². The zero-order valence-corrected chi connectivity index (χ0v) is 13.3. The predicted octanol–water partition coefficient (Wildman–Crippen LogP) is 2.46. The van der Waals surface area contributed by atoms with Gasteiger partial charge in [-0.15, -0.1) is 0 Å². The highest BCUT2D eigenvalue weighted by molar-refractivity contribution is 5.97. The normalized spacial score (nSPS) is 11.2. The third kappa shape index (κ3) is 7.08. The van der Waals surface area contributed by atoms with E-state index >= 15 is 0 Å². The minimum absolute atomic E-state index is 0.141. The fourth-order valence-corrected chi connectivity index (χ4v) is 2.14. The summed E-state index contributed by atoms with van der Waals surface area (Å²) in [6.45, 7) is 0.638. The summed E-state index contributed by atoms with van der Waals surface area (Å²) in [6, 6.07) is 13.4. The van der Waals surface area contributed by atoms with Crippen molar-refractivity contribution in [2.75, 3.05) is 11.9 Å². The number of carboxylic acid groups (broad SMARTS) is 2. The van der Waals surface area contributed by atoms with Crippen LogP contribution in [0.4, 0.5) is 10.5 Å². The Morgan fingerprint density at radius 3 is 2.29 bits per heavy atom. The molecule has 0 radical (unpaired) electrons. The molecule has 0 unspecified atom stereocenters. The highest BCUT2D eigenvalue weighted by atomic mass is 16.6. The van der Waals surface area contributed by atoms with Crippen molar-refractivity contribution in [2.24, 2.45) is 11.5 Å². The molecule has 0 aliphatic heterocycles. The molecule has 24 heavy (non-hydrogen) atoms. The molecule has 7 N–H and O–H groups in total. The van der Waals surface area contributed by atoms with Crippen LogP contribution in [0, 0.1) is 0 Å². The first kappa shape index (κ1) is 19.4. The number of benzene rings is 2. The van der Waals surface area contributed by atoms with E-state index in [1.165, 1.54) is 0 Å². The molecule has 2 aromatic rings. The average molecular weight is 333 g/mol. The maximum Gasteiger partial charge on any atom is 0.503 e. The Morgan fingerprint density at radius 1 is 1.04 bits per heavy atom. The second-order valence-electron chi connectivity index (χ2n) is 5.22. The average Bonchev–Trinajstić information content (AvgIpc) is 2.54. The van der Waals surface area contributed by atoms with E-state index in [2.05, 4.69) is 5.32 Å². The Morgan fingerprint density at radius 2 is 1.67 bits per heavy atom. The van der Waals surface area contributed by atoms with Crippen molar-refractivity contribution in [1.82, 2.24) is 0 Å². The number of carbonyl (C=O) groups is 2. The molecule has 0 aliphatic rings. The van der Waals surface area contributed by atoms with E-state index in [1.807, 2.05) is 42.5 Å². The van der Waals surface area contributed by atoms with E-state index in [9.17, 15) is 4.79 Å². The lowest BCUT2D eigenvalue weighted by atomic mass is 10.1. The molecular weight excluding hydrogens is 310 g/mol. The van der Waals surface area contributed by atoms with Crippen LogP contribution in [0.25, 0.3) is 10.8 Å². The van der Waals surface area contributed by atoms with E-state index in [1.54, 1.807) is 0 Å². The number of fused-ring (bicyclic) bond motifs is 1. The summed E-state index contributed by atoms with van der Waals surface area (Å²) in [5.41, 5.74) is 12.1. The summed E-state index contributed by atoms with van der Waals surface area (Å²) >= 11 is 0. The topological polar surface area (TPSA) is 139 Å². The number of hydrogen-bond acceptors (Lipinski definition) is 4. The third-order valence-corrected chi connectivity index (χ3v) is 3.32. The molecule has 7 heteroatoms. The van der Waals surface area contributed by atoms with E-state index < -0.39 is 12.2 Å². The van der Waals surface area contributed by atoms with Gasteiger partial charge in [0, 0.05) is 5.69 Å². The van der Waals surface area contributed by atoms with Gasteiger partial charge >= 0.3 is 6.16 Å². The Bertz CT molecular complexity index is 672. The van der Waals surface area contributed by atoms with Crippen molar-refractivity contribution in [3.05, 3.63) is 42.5 Å². The van der Waals surface area contributed by atoms with Crippen LogP contribution in [0.5, 0.6) is 0 Å². The molecule has 1 atom stereocenters. The fraction of sp³-hybridized carbons (Fsp3) is 0.294. The van der Waals surface area contributed by atoms with Crippen LogP contribution >= 0.6 is 0 Å². The first-order valence-electron chi connectivity index (χ1n) is 7.61. The zero-order chi connectivity index (χ0) is 17.9. The van der Waals surface area contributed by atoms with Crippen molar-refractivity contribution in [3.63, 3.8) is 0 Å². The van der Waals surface area contributed by atoms with Gasteiger partial charge in [0.05, 0.1) is 6.04 Å². The van der Waals surface area contributed by atoms with Crippen molar-refractivity contribution < 1.29 is 19.8 Å². The van der Waals surface area contributed by atoms with E-state index in [0.717, 1.165) is 29.3 Å². The first-order chi connectivity index (χ1) is 11.4. The number of rotatable bonds is 6. The van der Waals surface area contributed by atoms with Gasteiger partial charge in [-0.3, -0.25) is 4.79 Å². The number of anilines is 1. The fourth-order valence-electron chi connectivity index (χ4n) is 2.14. The molecule has 2 aromatic carbocycles. The monoisotopic (exact) mass is 333 g/mol. The molecule has 0 heterocycles. The van der Waals surface area contributed by atoms with Crippen molar-refractivity contribution in [1.29, 1.82) is 0 Å². The quantitative estimate of drug-likeness (QED) is 0.515. The van der Waals surface area contributed by atoms with Crippen LogP contribution in [-0.2, 0) is 4.79 Å². The number of hydrogen-bond donors (Lipinski definition) is 5. The number of nitrogens with one attached hydrogen (secondary N) is 1. The molecule has 0 saturated carbocycles. The van der Waals surface area contributed by atoms with Gasteiger partial charge in [0.15, 0.2) is 0 Å². The maximum atomic E-state index is 12.0. The van der Waals surface area contributed by atoms with E-state index in [4.69, 9.17) is 26.5 Å². The number of carbonyl (C=O) groups excluding carboxylic acids is 1. The maximum absolute atomic E-state index is 12.0. The molecule has 0 spiro atoms. The summed E-state index contributed by atoms with van der Waals surface area (Å²) in [4.78, 5) is 20.5. The summed E-state index contributed by atoms with van der Waals surface area (Å²) in [7, 11) is 0. The highest BCUT2D eigenvalue weighted by Gasteiger charge is 2.13. The van der Waals surface area contributed by atoms with Gasteiger partial charge in [-0.1, -0.05) is 36.8 Å². The Kier molecular flexibility index (Phi) is 8.24.